The fourth-order valence-electron chi connectivity index (χ4n) is 2.84. The number of amides is 1. The number of carbonyl (C=O) groups is 1. The first-order valence-electron chi connectivity index (χ1n) is 7.90. The maximum Gasteiger partial charge on any atom is 0.340 e. The molecule has 1 amide bonds. The lowest BCUT2D eigenvalue weighted by molar-refractivity contribution is -0.132. The molecule has 24 heavy (non-hydrogen) atoms. The Hall–Kier alpha value is -2.64. The Morgan fingerprint density at radius 3 is 3.00 bits per heavy atom. The van der Waals surface area contributed by atoms with Crippen LogP contribution in [0.1, 0.15) is 18.7 Å². The standard InChI is InChI=1S/C16H19FN4O3/c17-12-5-1-2-6-13(12)24-10-11-4-3-7-21(9-11)15(22)8-14-18-16(23)20-19-14/h1-2,5-6,11H,3-4,7-10H2,(H2,18,19,20,23)/t11-/m1/s1. The summed E-state index contributed by atoms with van der Waals surface area (Å²) in [6.45, 7) is 1.59. The van der Waals surface area contributed by atoms with Gasteiger partial charge in [0.05, 0.1) is 13.0 Å². The van der Waals surface area contributed by atoms with E-state index in [0.717, 1.165) is 12.8 Å². The number of ether oxygens (including phenoxy) is 1. The second-order valence-electron chi connectivity index (χ2n) is 5.89. The van der Waals surface area contributed by atoms with Crippen LogP contribution in [0.4, 0.5) is 4.39 Å². The summed E-state index contributed by atoms with van der Waals surface area (Å²) in [7, 11) is 0. The van der Waals surface area contributed by atoms with Gasteiger partial charge in [-0.2, -0.15) is 5.10 Å². The number of H-pyrrole nitrogens is 2. The molecule has 3 rings (SSSR count). The molecular weight excluding hydrogens is 315 g/mol. The van der Waals surface area contributed by atoms with Gasteiger partial charge in [-0.3, -0.25) is 9.78 Å². The SMILES string of the molecule is O=C(Cc1n[nH]c(=O)[nH]1)N1CCC[C@@H](COc2ccccc2F)C1. The van der Waals surface area contributed by atoms with Crippen LogP contribution in [0.5, 0.6) is 5.75 Å². The van der Waals surface area contributed by atoms with Crippen LogP contribution in [0.25, 0.3) is 0 Å². The van der Waals surface area contributed by atoms with E-state index in [0.29, 0.717) is 25.5 Å². The van der Waals surface area contributed by atoms with E-state index in [1.54, 1.807) is 23.1 Å². The van der Waals surface area contributed by atoms with E-state index in [9.17, 15) is 14.0 Å². The molecule has 1 aliphatic heterocycles. The number of aromatic amines is 2. The van der Waals surface area contributed by atoms with Gasteiger partial charge >= 0.3 is 5.69 Å². The molecular formula is C16H19FN4O3. The molecule has 1 fully saturated rings. The Morgan fingerprint density at radius 1 is 1.42 bits per heavy atom. The normalized spacial score (nSPS) is 17.7. The van der Waals surface area contributed by atoms with Crippen molar-refractivity contribution < 1.29 is 13.9 Å². The minimum absolute atomic E-state index is 0.0552. The van der Waals surface area contributed by atoms with Crippen LogP contribution in [-0.4, -0.2) is 45.7 Å². The first-order chi connectivity index (χ1) is 11.6. The van der Waals surface area contributed by atoms with Crippen molar-refractivity contribution in [1.82, 2.24) is 20.1 Å². The van der Waals surface area contributed by atoms with Crippen molar-refractivity contribution in [3.63, 3.8) is 0 Å². The van der Waals surface area contributed by atoms with Gasteiger partial charge < -0.3 is 9.64 Å². The van der Waals surface area contributed by atoms with Crippen LogP contribution in [-0.2, 0) is 11.2 Å². The van der Waals surface area contributed by atoms with Crippen molar-refractivity contribution in [2.24, 2.45) is 5.92 Å². The summed E-state index contributed by atoms with van der Waals surface area (Å²) in [5.41, 5.74) is -0.424. The van der Waals surface area contributed by atoms with Gasteiger partial charge in [0, 0.05) is 19.0 Å². The van der Waals surface area contributed by atoms with Gasteiger partial charge in [0.15, 0.2) is 11.6 Å². The van der Waals surface area contributed by atoms with Crippen LogP contribution >= 0.6 is 0 Å². The molecule has 0 spiro atoms. The van der Waals surface area contributed by atoms with Crippen LogP contribution < -0.4 is 10.4 Å². The molecule has 0 saturated carbocycles. The van der Waals surface area contributed by atoms with Gasteiger partial charge in [0.1, 0.15) is 5.82 Å². The van der Waals surface area contributed by atoms with Gasteiger partial charge in [-0.15, -0.1) is 0 Å². The van der Waals surface area contributed by atoms with Crippen LogP contribution in [0.3, 0.4) is 0 Å². The molecule has 0 unspecified atom stereocenters. The molecule has 1 saturated heterocycles. The smallest absolute Gasteiger partial charge is 0.340 e. The molecule has 2 N–H and O–H groups in total. The first kappa shape index (κ1) is 16.2. The summed E-state index contributed by atoms with van der Waals surface area (Å²) < 4.78 is 19.1. The number of nitrogens with one attached hydrogen (secondary N) is 2. The summed E-state index contributed by atoms with van der Waals surface area (Å²) in [6.07, 6.45) is 1.85. The number of aromatic nitrogens is 3. The average Bonchev–Trinajstić information content (AvgIpc) is 2.99. The second kappa shape index (κ2) is 7.29. The third-order valence-electron chi connectivity index (χ3n) is 4.05. The maximum absolute atomic E-state index is 13.6. The highest BCUT2D eigenvalue weighted by molar-refractivity contribution is 5.78. The number of likely N-dealkylation sites (tertiary alicyclic amines) is 1. The van der Waals surface area contributed by atoms with Gasteiger partial charge in [-0.25, -0.2) is 14.3 Å². The highest BCUT2D eigenvalue weighted by Crippen LogP contribution is 2.21. The van der Waals surface area contributed by atoms with Gasteiger partial charge in [-0.1, -0.05) is 12.1 Å². The number of benzene rings is 1. The zero-order valence-electron chi connectivity index (χ0n) is 13.1. The van der Waals surface area contributed by atoms with Crippen LogP contribution in [0.2, 0.25) is 0 Å². The summed E-state index contributed by atoms with van der Waals surface area (Å²) >= 11 is 0. The molecule has 0 aliphatic carbocycles. The fraction of sp³-hybridized carbons (Fsp3) is 0.438. The Bertz CT molecular complexity index is 758. The summed E-state index contributed by atoms with van der Waals surface area (Å²) in [5.74, 6) is 0.238. The van der Waals surface area contributed by atoms with E-state index < -0.39 is 5.69 Å². The molecule has 1 atom stereocenters. The monoisotopic (exact) mass is 334 g/mol. The summed E-state index contributed by atoms with van der Waals surface area (Å²) in [4.78, 5) is 27.5. The van der Waals surface area contributed by atoms with Gasteiger partial charge in [-0.05, 0) is 25.0 Å². The molecule has 8 heteroatoms. The summed E-state index contributed by atoms with van der Waals surface area (Å²) in [6, 6.07) is 6.29. The van der Waals surface area contributed by atoms with Crippen LogP contribution in [0.15, 0.2) is 29.1 Å². The largest absolute Gasteiger partial charge is 0.490 e. The Labute approximate surface area is 137 Å². The lowest BCUT2D eigenvalue weighted by Gasteiger charge is -2.32. The Balaban J connectivity index is 1.53. The minimum atomic E-state index is -0.424. The van der Waals surface area contributed by atoms with Gasteiger partial charge in [0.2, 0.25) is 5.91 Å². The van der Waals surface area contributed by atoms with E-state index in [1.807, 2.05) is 0 Å². The van der Waals surface area contributed by atoms with E-state index in [1.165, 1.54) is 6.07 Å². The van der Waals surface area contributed by atoms with Gasteiger partial charge in [0.25, 0.3) is 0 Å². The van der Waals surface area contributed by atoms with Crippen molar-refractivity contribution in [1.29, 1.82) is 0 Å². The number of hydrogen-bond donors (Lipinski definition) is 2. The first-order valence-corrected chi connectivity index (χ1v) is 7.90. The molecule has 0 radical (unpaired) electrons. The molecule has 7 nitrogen and oxygen atoms in total. The van der Waals surface area contributed by atoms with Crippen molar-refractivity contribution in [3.05, 3.63) is 46.4 Å². The minimum Gasteiger partial charge on any atom is -0.490 e. The van der Waals surface area contributed by atoms with Crippen molar-refractivity contribution in [3.8, 4) is 5.75 Å². The average molecular weight is 334 g/mol. The quantitative estimate of drug-likeness (QED) is 0.856. The molecule has 2 aromatic rings. The number of rotatable bonds is 5. The predicted octanol–water partition coefficient (Wildman–Crippen LogP) is 1.10. The van der Waals surface area contributed by atoms with E-state index in [4.69, 9.17) is 4.74 Å². The molecule has 1 aliphatic rings. The van der Waals surface area contributed by atoms with Crippen molar-refractivity contribution in [2.75, 3.05) is 19.7 Å². The fourth-order valence-corrected chi connectivity index (χ4v) is 2.84. The molecule has 2 heterocycles. The van der Waals surface area contributed by atoms with Crippen molar-refractivity contribution >= 4 is 5.91 Å². The number of hydrogen-bond acceptors (Lipinski definition) is 4. The zero-order chi connectivity index (χ0) is 16.9. The van der Waals surface area contributed by atoms with E-state index >= 15 is 0 Å². The highest BCUT2D eigenvalue weighted by Gasteiger charge is 2.25. The zero-order valence-corrected chi connectivity index (χ0v) is 13.1. The number of nitrogens with zero attached hydrogens (tertiary/aromatic N) is 2. The number of halogens is 1. The summed E-state index contributed by atoms with van der Waals surface area (Å²) in [5, 5.41) is 5.99. The number of piperidine rings is 1. The lowest BCUT2D eigenvalue weighted by atomic mass is 9.98. The molecule has 1 aromatic carbocycles. The number of para-hydroxylation sites is 1. The third kappa shape index (κ3) is 4.01. The maximum atomic E-state index is 13.6. The Morgan fingerprint density at radius 2 is 2.25 bits per heavy atom. The topological polar surface area (TPSA) is 91.1 Å². The number of carbonyl (C=O) groups excluding carboxylic acids is 1. The Kier molecular flexibility index (Phi) is 4.93. The molecule has 128 valence electrons. The van der Waals surface area contributed by atoms with E-state index in [2.05, 4.69) is 15.2 Å². The lowest BCUT2D eigenvalue weighted by Crippen LogP contribution is -2.42. The molecule has 0 bridgehead atoms. The third-order valence-corrected chi connectivity index (χ3v) is 4.05. The molecule has 1 aromatic heterocycles. The predicted molar refractivity (Wildman–Crippen MR) is 84.1 cm³/mol. The van der Waals surface area contributed by atoms with Crippen molar-refractivity contribution in [2.45, 2.75) is 19.3 Å². The van der Waals surface area contributed by atoms with E-state index in [-0.39, 0.29) is 29.8 Å². The second-order valence-corrected chi connectivity index (χ2v) is 5.89. The highest BCUT2D eigenvalue weighted by atomic mass is 19.1. The van der Waals surface area contributed by atoms with Crippen LogP contribution in [0, 0.1) is 11.7 Å².